The van der Waals surface area contributed by atoms with Gasteiger partial charge < -0.3 is 35.3 Å². The lowest BCUT2D eigenvalue weighted by Gasteiger charge is -2.32. The SMILES string of the molecule is COP(=O)(O)OC[C@H]1S[C@@H](n2cnc3c(=O)[nH]c(N)nc32)[C@H](OP(O)(=S)OC[C@]23CO[C@H](C2)[C@H](n2cnc4c(N)ncnc42)O3)[C@H]1F. The van der Waals surface area contributed by atoms with Crippen LogP contribution in [0.5, 0.6) is 0 Å². The van der Waals surface area contributed by atoms with Crippen molar-refractivity contribution in [3.63, 3.8) is 0 Å². The molecule has 25 heteroatoms. The topological polar surface area (TPSA) is 272 Å². The highest BCUT2D eigenvalue weighted by atomic mass is 32.5. The summed E-state index contributed by atoms with van der Waals surface area (Å²) < 4.78 is 64.1. The molecule has 0 saturated carbocycles. The van der Waals surface area contributed by atoms with Gasteiger partial charge in [0.1, 0.15) is 41.2 Å². The van der Waals surface area contributed by atoms with Crippen molar-refractivity contribution in [2.45, 2.75) is 47.3 Å². The Balaban J connectivity index is 1.10. The first-order valence-electron chi connectivity index (χ1n) is 13.7. The van der Waals surface area contributed by atoms with E-state index < -0.39 is 67.5 Å². The second-order valence-corrected chi connectivity index (χ2v) is 16.6. The molecule has 3 saturated heterocycles. The lowest BCUT2D eigenvalue weighted by molar-refractivity contribution is -0.180. The van der Waals surface area contributed by atoms with Crippen molar-refractivity contribution in [1.29, 1.82) is 0 Å². The number of halogens is 1. The Kier molecular flexibility index (Phi) is 8.42. The van der Waals surface area contributed by atoms with Crippen LogP contribution in [0, 0.1) is 0 Å². The van der Waals surface area contributed by atoms with Gasteiger partial charge in [-0.1, -0.05) is 0 Å². The Morgan fingerprint density at radius 1 is 1.19 bits per heavy atom. The second-order valence-electron chi connectivity index (χ2n) is 10.9. The molecule has 3 aliphatic heterocycles. The summed E-state index contributed by atoms with van der Waals surface area (Å²) in [6, 6.07) is 0. The first-order chi connectivity index (χ1) is 22.3. The molecule has 4 aromatic rings. The van der Waals surface area contributed by atoms with Crippen LogP contribution < -0.4 is 17.0 Å². The highest BCUT2D eigenvalue weighted by Crippen LogP contribution is 2.56. The van der Waals surface area contributed by atoms with Crippen LogP contribution in [0.1, 0.15) is 18.0 Å². The van der Waals surface area contributed by atoms with Gasteiger partial charge in [-0.25, -0.2) is 28.9 Å². The van der Waals surface area contributed by atoms with E-state index in [4.69, 9.17) is 46.3 Å². The van der Waals surface area contributed by atoms with E-state index in [1.807, 2.05) is 0 Å². The number of rotatable bonds is 11. The molecular formula is C22H27FN10O10P2S2. The van der Waals surface area contributed by atoms with Gasteiger partial charge in [0.2, 0.25) is 5.95 Å². The molecular weight excluding hydrogens is 709 g/mol. The predicted octanol–water partition coefficient (Wildman–Crippen LogP) is 0.515. The van der Waals surface area contributed by atoms with Gasteiger partial charge in [-0.15, -0.1) is 11.8 Å². The number of imidazole rings is 2. The smallest absolute Gasteiger partial charge is 0.382 e. The largest absolute Gasteiger partial charge is 0.471 e. The van der Waals surface area contributed by atoms with E-state index in [9.17, 15) is 19.1 Å². The van der Waals surface area contributed by atoms with Gasteiger partial charge in [0.05, 0.1) is 37.7 Å². The number of hydrogen-bond acceptors (Lipinski definition) is 17. The normalized spacial score (nSPS) is 31.5. The number of phosphoric acid groups is 1. The van der Waals surface area contributed by atoms with Crippen LogP contribution in [0.15, 0.2) is 23.8 Å². The molecule has 7 N–H and O–H groups in total. The Morgan fingerprint density at radius 2 is 1.96 bits per heavy atom. The van der Waals surface area contributed by atoms with Crippen molar-refractivity contribution in [3.05, 3.63) is 29.3 Å². The minimum atomic E-state index is -4.46. The van der Waals surface area contributed by atoms with Crippen LogP contribution in [-0.4, -0.2) is 105 Å². The summed E-state index contributed by atoms with van der Waals surface area (Å²) in [7, 11) is -3.50. The number of H-pyrrole nitrogens is 1. The molecule has 2 unspecified atom stereocenters. The maximum absolute atomic E-state index is 16.1. The number of aromatic nitrogens is 8. The predicted molar refractivity (Wildman–Crippen MR) is 165 cm³/mol. The summed E-state index contributed by atoms with van der Waals surface area (Å²) in [5.41, 5.74) is 10.7. The summed E-state index contributed by atoms with van der Waals surface area (Å²) in [5.74, 6) is -0.0136. The number of hydrogen-bond donors (Lipinski definition) is 5. The molecule has 4 aromatic heterocycles. The third-order valence-electron chi connectivity index (χ3n) is 7.85. The summed E-state index contributed by atoms with van der Waals surface area (Å²) in [4.78, 5) is 56.3. The molecule has 7 heterocycles. The van der Waals surface area contributed by atoms with E-state index in [1.54, 1.807) is 4.57 Å². The van der Waals surface area contributed by atoms with Crippen molar-refractivity contribution in [2.24, 2.45) is 0 Å². The first-order valence-corrected chi connectivity index (χ1v) is 18.7. The van der Waals surface area contributed by atoms with Crippen LogP contribution in [-0.2, 0) is 43.9 Å². The van der Waals surface area contributed by atoms with Crippen LogP contribution in [0.4, 0.5) is 16.2 Å². The summed E-state index contributed by atoms with van der Waals surface area (Å²) in [6.07, 6.45) is -0.128. The maximum Gasteiger partial charge on any atom is 0.471 e. The highest BCUT2D eigenvalue weighted by Gasteiger charge is 2.56. The van der Waals surface area contributed by atoms with E-state index in [-0.39, 0.29) is 36.1 Å². The zero-order valence-corrected chi connectivity index (χ0v) is 27.5. The van der Waals surface area contributed by atoms with Crippen molar-refractivity contribution in [3.8, 4) is 0 Å². The lowest BCUT2D eigenvalue weighted by Crippen LogP contribution is -2.39. The summed E-state index contributed by atoms with van der Waals surface area (Å²) in [5, 5.41) is -2.19. The van der Waals surface area contributed by atoms with Gasteiger partial charge in [0.25, 0.3) is 5.56 Å². The minimum Gasteiger partial charge on any atom is -0.382 e. The lowest BCUT2D eigenvalue weighted by atomic mass is 10.0. The number of nitrogens with zero attached hydrogens (tertiary/aromatic N) is 7. The van der Waals surface area contributed by atoms with Gasteiger partial charge in [-0.2, -0.15) is 4.98 Å². The third kappa shape index (κ3) is 6.08. The van der Waals surface area contributed by atoms with E-state index in [1.165, 1.54) is 23.5 Å². The number of thioether (sulfide) groups is 1. The van der Waals surface area contributed by atoms with Crippen molar-refractivity contribution in [2.75, 3.05) is 38.4 Å². The van der Waals surface area contributed by atoms with Gasteiger partial charge in [-0.3, -0.25) is 32.5 Å². The zero-order valence-electron chi connectivity index (χ0n) is 24.1. The van der Waals surface area contributed by atoms with E-state index in [0.717, 1.165) is 18.9 Å². The number of alkyl halides is 1. The number of anilines is 2. The molecule has 7 rings (SSSR count). The molecule has 9 atom stereocenters. The first kappa shape index (κ1) is 32.9. The summed E-state index contributed by atoms with van der Waals surface area (Å²) >= 11 is 6.23. The standard InChI is InChI=1S/C22H27FN10O10P2S2/c1-38-44(35,36)40-3-10-11(23)14(20(47-10)33-8-29-13-17(33)30-21(25)31-18(13)34)43-45(37,46)41-5-22-2-9(39-4-22)19(42-22)32-7-28-12-15(24)26-6-27-16(12)32/h6-11,14,19-20H,2-5H2,1H3,(H,35,36)(H,37,46)(H2,24,26,27)(H3,25,30,31,34)/t9-,10-,11+,14-,19-,20-,22-,45?/m1/s1. The molecule has 0 spiro atoms. The van der Waals surface area contributed by atoms with Crippen LogP contribution in [0.2, 0.25) is 0 Å². The molecule has 20 nitrogen and oxygen atoms in total. The van der Waals surface area contributed by atoms with Crippen molar-refractivity contribution in [1.82, 2.24) is 39.0 Å². The van der Waals surface area contributed by atoms with Gasteiger partial charge in [0, 0.05) is 13.5 Å². The Bertz CT molecular complexity index is 2000. The molecule has 47 heavy (non-hydrogen) atoms. The molecule has 3 fully saturated rings. The van der Waals surface area contributed by atoms with Gasteiger partial charge >= 0.3 is 14.5 Å². The van der Waals surface area contributed by atoms with Crippen LogP contribution >= 0.6 is 26.3 Å². The zero-order chi connectivity index (χ0) is 33.3. The van der Waals surface area contributed by atoms with Gasteiger partial charge in [0.15, 0.2) is 28.9 Å². The highest BCUT2D eigenvalue weighted by molar-refractivity contribution is 8.07. The Morgan fingerprint density at radius 3 is 2.74 bits per heavy atom. The number of phosphoric ester groups is 1. The fourth-order valence-corrected chi connectivity index (χ4v) is 9.21. The minimum absolute atomic E-state index is 0.000449. The fourth-order valence-electron chi connectivity index (χ4n) is 5.67. The van der Waals surface area contributed by atoms with E-state index >= 15 is 4.39 Å². The van der Waals surface area contributed by atoms with E-state index in [0.29, 0.717) is 17.6 Å². The monoisotopic (exact) mass is 736 g/mol. The van der Waals surface area contributed by atoms with E-state index in [2.05, 4.69) is 34.4 Å². The quantitative estimate of drug-likeness (QED) is 0.131. The molecule has 0 aliphatic carbocycles. The maximum atomic E-state index is 16.1. The Hall–Kier alpha value is -2.66. The number of ether oxygens (including phenoxy) is 2. The fraction of sp³-hybridized carbons (Fsp3) is 0.545. The summed E-state index contributed by atoms with van der Waals surface area (Å²) in [6.45, 7) is -4.96. The average Bonchev–Trinajstić information content (AvgIpc) is 3.85. The third-order valence-corrected chi connectivity index (χ3v) is 11.8. The van der Waals surface area contributed by atoms with Crippen molar-refractivity contribution < 1.29 is 46.3 Å². The number of nitrogens with two attached hydrogens (primary N) is 2. The average molecular weight is 737 g/mol. The van der Waals surface area contributed by atoms with Gasteiger partial charge in [-0.05, 0) is 11.8 Å². The second kappa shape index (κ2) is 12.0. The van der Waals surface area contributed by atoms with Crippen LogP contribution in [0.3, 0.4) is 0 Å². The molecule has 0 aromatic carbocycles. The number of aromatic amines is 1. The van der Waals surface area contributed by atoms with Crippen molar-refractivity contribution >= 4 is 72.2 Å². The van der Waals surface area contributed by atoms with Crippen LogP contribution in [0.25, 0.3) is 22.3 Å². The Labute approximate surface area is 272 Å². The molecule has 0 radical (unpaired) electrons. The molecule has 2 bridgehead atoms. The number of fused-ring (bicyclic) bond motifs is 4. The molecule has 0 amide bonds. The molecule has 3 aliphatic rings. The number of nitrogen functional groups attached to an aromatic ring is 2. The molecule has 254 valence electrons. The number of nitrogens with one attached hydrogen (secondary N) is 1.